The Morgan fingerprint density at radius 3 is 2.74 bits per heavy atom. The second-order valence-corrected chi connectivity index (χ2v) is 7.42. The van der Waals surface area contributed by atoms with E-state index in [-0.39, 0.29) is 24.0 Å². The van der Waals surface area contributed by atoms with E-state index in [1.165, 1.54) is 0 Å². The van der Waals surface area contributed by atoms with Gasteiger partial charge in [0.05, 0.1) is 23.3 Å². The van der Waals surface area contributed by atoms with Gasteiger partial charge in [-0.3, -0.25) is 4.99 Å². The van der Waals surface area contributed by atoms with Crippen molar-refractivity contribution < 1.29 is 0 Å². The zero-order valence-corrected chi connectivity index (χ0v) is 19.1. The summed E-state index contributed by atoms with van der Waals surface area (Å²) in [5.74, 6) is 2.30. The molecule has 8 heteroatoms. The van der Waals surface area contributed by atoms with Crippen molar-refractivity contribution in [2.45, 2.75) is 39.2 Å². The number of guanidine groups is 1. The molecule has 0 amide bonds. The van der Waals surface area contributed by atoms with Gasteiger partial charge in [-0.15, -0.1) is 35.3 Å². The van der Waals surface area contributed by atoms with Crippen LogP contribution in [0.5, 0.6) is 0 Å². The van der Waals surface area contributed by atoms with E-state index in [0.29, 0.717) is 12.5 Å². The maximum absolute atomic E-state index is 4.63. The number of rotatable bonds is 7. The van der Waals surface area contributed by atoms with E-state index in [1.54, 1.807) is 18.4 Å². The molecular formula is C19H27IN6S. The first kappa shape index (κ1) is 21.6. The fraction of sp³-hybridized carbons (Fsp3) is 0.421. The number of aromatic nitrogens is 3. The Bertz CT molecular complexity index is 837. The van der Waals surface area contributed by atoms with Crippen LogP contribution < -0.4 is 10.6 Å². The van der Waals surface area contributed by atoms with E-state index in [4.69, 9.17) is 0 Å². The summed E-state index contributed by atoms with van der Waals surface area (Å²) < 4.78 is 0. The van der Waals surface area contributed by atoms with Gasteiger partial charge in [0.1, 0.15) is 10.8 Å². The molecule has 3 N–H and O–H groups in total. The van der Waals surface area contributed by atoms with E-state index in [1.807, 2.05) is 18.2 Å². The highest BCUT2D eigenvalue weighted by molar-refractivity contribution is 14.0. The van der Waals surface area contributed by atoms with Gasteiger partial charge in [0.25, 0.3) is 0 Å². The van der Waals surface area contributed by atoms with Crippen molar-refractivity contribution in [3.05, 3.63) is 46.2 Å². The third-order valence-corrected chi connectivity index (χ3v) is 4.98. The molecule has 3 rings (SSSR count). The van der Waals surface area contributed by atoms with Crippen LogP contribution in [0.2, 0.25) is 0 Å². The predicted molar refractivity (Wildman–Crippen MR) is 124 cm³/mol. The van der Waals surface area contributed by atoms with Crippen molar-refractivity contribution in [1.29, 1.82) is 0 Å². The van der Waals surface area contributed by atoms with E-state index < -0.39 is 0 Å². The average molecular weight is 498 g/mol. The fourth-order valence-corrected chi connectivity index (χ4v) is 3.53. The smallest absolute Gasteiger partial charge is 0.191 e. The number of aliphatic imine (C=N–C) groups is 1. The Morgan fingerprint density at radius 1 is 1.22 bits per heavy atom. The largest absolute Gasteiger partial charge is 0.356 e. The molecular weight excluding hydrogens is 471 g/mol. The zero-order chi connectivity index (χ0) is 18.4. The Balaban J connectivity index is 0.00000261. The molecule has 6 nitrogen and oxygen atoms in total. The maximum atomic E-state index is 4.63. The third kappa shape index (κ3) is 6.17. The highest BCUT2D eigenvalue weighted by Gasteiger charge is 2.06. The molecule has 0 fully saturated rings. The predicted octanol–water partition coefficient (Wildman–Crippen LogP) is 4.06. The minimum absolute atomic E-state index is 0. The number of thiazole rings is 1. The number of halogens is 1. The van der Waals surface area contributed by atoms with Crippen LogP contribution >= 0.6 is 35.3 Å². The Labute approximate surface area is 181 Å². The summed E-state index contributed by atoms with van der Waals surface area (Å²) in [5, 5.41) is 9.88. The van der Waals surface area contributed by atoms with Crippen LogP contribution in [0.25, 0.3) is 11.0 Å². The highest BCUT2D eigenvalue weighted by atomic mass is 127. The van der Waals surface area contributed by atoms with Crippen LogP contribution in [0, 0.1) is 0 Å². The average Bonchev–Trinajstić information content (AvgIpc) is 3.27. The molecule has 3 aromatic rings. The molecule has 1 aromatic carbocycles. The lowest BCUT2D eigenvalue weighted by Crippen LogP contribution is -2.37. The highest BCUT2D eigenvalue weighted by Crippen LogP contribution is 2.17. The van der Waals surface area contributed by atoms with E-state index in [2.05, 4.69) is 55.9 Å². The van der Waals surface area contributed by atoms with Gasteiger partial charge in [-0.2, -0.15) is 0 Å². The Hall–Kier alpha value is -1.68. The van der Waals surface area contributed by atoms with Gasteiger partial charge in [-0.25, -0.2) is 9.97 Å². The summed E-state index contributed by atoms with van der Waals surface area (Å²) in [7, 11) is 1.79. The first-order chi connectivity index (χ1) is 12.7. The topological polar surface area (TPSA) is 78.0 Å². The van der Waals surface area contributed by atoms with Gasteiger partial charge in [-0.1, -0.05) is 26.0 Å². The quantitative estimate of drug-likeness (QED) is 0.199. The normalized spacial score (nSPS) is 11.6. The van der Waals surface area contributed by atoms with Crippen LogP contribution in [0.15, 0.2) is 34.6 Å². The summed E-state index contributed by atoms with van der Waals surface area (Å²) in [6.07, 6.45) is 1.89. The molecule has 0 unspecified atom stereocenters. The molecule has 146 valence electrons. The summed E-state index contributed by atoms with van der Waals surface area (Å²) >= 11 is 1.69. The number of hydrogen-bond acceptors (Lipinski definition) is 4. The molecule has 0 aliphatic heterocycles. The molecule has 0 aliphatic rings. The molecule has 27 heavy (non-hydrogen) atoms. The summed E-state index contributed by atoms with van der Waals surface area (Å²) in [6.45, 7) is 5.86. The number of H-pyrrole nitrogens is 1. The van der Waals surface area contributed by atoms with Crippen molar-refractivity contribution in [1.82, 2.24) is 25.6 Å². The van der Waals surface area contributed by atoms with Gasteiger partial charge in [0.15, 0.2) is 5.96 Å². The molecule has 0 radical (unpaired) electrons. The van der Waals surface area contributed by atoms with Crippen LogP contribution in [0.4, 0.5) is 0 Å². The monoisotopic (exact) mass is 498 g/mol. The Kier molecular flexibility index (Phi) is 8.49. The number of aromatic amines is 1. The summed E-state index contributed by atoms with van der Waals surface area (Å²) in [5.41, 5.74) is 3.27. The minimum Gasteiger partial charge on any atom is -0.356 e. The zero-order valence-electron chi connectivity index (χ0n) is 16.0. The van der Waals surface area contributed by atoms with Gasteiger partial charge in [-0.05, 0) is 24.5 Å². The number of para-hydroxylation sites is 2. The van der Waals surface area contributed by atoms with Crippen molar-refractivity contribution >= 4 is 52.3 Å². The standard InChI is InChI=1S/C19H26N6S.HI/c1-13(2)16-12-26-18(25-16)11-22-19(20-3)21-10-6-9-17-23-14-7-4-5-8-15(14)24-17;/h4-5,7-8,12-13H,6,9-11H2,1-3H3,(H,23,24)(H2,20,21,22);1H. The molecule has 2 aromatic heterocycles. The lowest BCUT2D eigenvalue weighted by Gasteiger charge is -2.10. The van der Waals surface area contributed by atoms with E-state index in [9.17, 15) is 0 Å². The number of hydrogen-bond donors (Lipinski definition) is 3. The number of fused-ring (bicyclic) bond motifs is 1. The van der Waals surface area contributed by atoms with Gasteiger partial charge in [0, 0.05) is 25.4 Å². The lowest BCUT2D eigenvalue weighted by atomic mass is 10.2. The van der Waals surface area contributed by atoms with E-state index >= 15 is 0 Å². The van der Waals surface area contributed by atoms with Crippen LogP contribution in [0.3, 0.4) is 0 Å². The molecule has 0 spiro atoms. The van der Waals surface area contributed by atoms with Gasteiger partial charge >= 0.3 is 0 Å². The van der Waals surface area contributed by atoms with Crippen molar-refractivity contribution in [2.24, 2.45) is 4.99 Å². The SMILES string of the molecule is CN=C(NCCCc1nc2ccccc2[nH]1)NCc1nc(C(C)C)cs1.I. The molecule has 2 heterocycles. The number of nitrogens with zero attached hydrogens (tertiary/aromatic N) is 3. The second-order valence-electron chi connectivity index (χ2n) is 6.48. The van der Waals surface area contributed by atoms with Crippen LogP contribution in [-0.2, 0) is 13.0 Å². The second kappa shape index (κ2) is 10.6. The van der Waals surface area contributed by atoms with Crippen LogP contribution in [-0.4, -0.2) is 34.5 Å². The first-order valence-electron chi connectivity index (χ1n) is 8.98. The minimum atomic E-state index is 0. The van der Waals surface area contributed by atoms with Crippen molar-refractivity contribution in [2.75, 3.05) is 13.6 Å². The third-order valence-electron chi connectivity index (χ3n) is 4.11. The van der Waals surface area contributed by atoms with Gasteiger partial charge < -0.3 is 15.6 Å². The Morgan fingerprint density at radius 2 is 2.04 bits per heavy atom. The summed E-state index contributed by atoms with van der Waals surface area (Å²) in [4.78, 5) is 16.9. The molecule has 0 bridgehead atoms. The van der Waals surface area contributed by atoms with E-state index in [0.717, 1.165) is 52.9 Å². The maximum Gasteiger partial charge on any atom is 0.191 e. The van der Waals surface area contributed by atoms with Gasteiger partial charge in [0.2, 0.25) is 0 Å². The number of benzene rings is 1. The number of aryl methyl sites for hydroxylation is 1. The molecule has 0 saturated carbocycles. The van der Waals surface area contributed by atoms with Crippen molar-refractivity contribution in [3.8, 4) is 0 Å². The summed E-state index contributed by atoms with van der Waals surface area (Å²) in [6, 6.07) is 8.12. The van der Waals surface area contributed by atoms with Crippen LogP contribution in [0.1, 0.15) is 42.7 Å². The lowest BCUT2D eigenvalue weighted by molar-refractivity contribution is 0.724. The fourth-order valence-electron chi connectivity index (χ4n) is 2.64. The molecule has 0 aliphatic carbocycles. The van der Waals surface area contributed by atoms with Crippen molar-refractivity contribution in [3.63, 3.8) is 0 Å². The number of nitrogens with one attached hydrogen (secondary N) is 3. The molecule has 0 saturated heterocycles. The number of imidazole rings is 1. The molecule has 0 atom stereocenters. The first-order valence-corrected chi connectivity index (χ1v) is 9.86.